The van der Waals surface area contributed by atoms with E-state index in [9.17, 15) is 0 Å². The van der Waals surface area contributed by atoms with Crippen LogP contribution in [-0.4, -0.2) is 23.6 Å². The molecule has 0 saturated heterocycles. The lowest BCUT2D eigenvalue weighted by atomic mass is 10.2. The van der Waals surface area contributed by atoms with E-state index in [0.29, 0.717) is 5.88 Å². The van der Waals surface area contributed by atoms with Crippen LogP contribution in [0, 0.1) is 6.92 Å². The molecular formula is C15H18ClN3. The first-order valence-corrected chi connectivity index (χ1v) is 6.86. The maximum atomic E-state index is 5.90. The maximum absolute atomic E-state index is 5.90. The molecule has 2 aromatic rings. The molecule has 2 heterocycles. The number of aryl methyl sites for hydroxylation is 1. The van der Waals surface area contributed by atoms with Gasteiger partial charge in [-0.25, -0.2) is 4.98 Å². The van der Waals surface area contributed by atoms with E-state index < -0.39 is 0 Å². The summed E-state index contributed by atoms with van der Waals surface area (Å²) in [5, 5.41) is 0. The molecule has 0 unspecified atom stereocenters. The second-order valence-corrected chi connectivity index (χ2v) is 4.90. The van der Waals surface area contributed by atoms with Crippen molar-refractivity contribution in [3.05, 3.63) is 53.5 Å². The zero-order valence-electron chi connectivity index (χ0n) is 11.3. The predicted octanol–water partition coefficient (Wildman–Crippen LogP) is 3.20. The molecular weight excluding hydrogens is 258 g/mol. The van der Waals surface area contributed by atoms with Crippen LogP contribution in [0.5, 0.6) is 0 Å². The van der Waals surface area contributed by atoms with Crippen molar-refractivity contribution in [2.45, 2.75) is 19.2 Å². The third kappa shape index (κ3) is 3.93. The van der Waals surface area contributed by atoms with Crippen LogP contribution in [0.3, 0.4) is 0 Å². The number of halogens is 1. The Morgan fingerprint density at radius 3 is 2.58 bits per heavy atom. The van der Waals surface area contributed by atoms with Gasteiger partial charge in [0.2, 0.25) is 0 Å². The van der Waals surface area contributed by atoms with Crippen molar-refractivity contribution >= 4 is 17.4 Å². The highest BCUT2D eigenvalue weighted by Crippen LogP contribution is 2.15. The molecule has 0 bridgehead atoms. The first-order chi connectivity index (χ1) is 9.19. The summed E-state index contributed by atoms with van der Waals surface area (Å²) in [6, 6.07) is 8.16. The lowest BCUT2D eigenvalue weighted by Gasteiger charge is -2.19. The highest BCUT2D eigenvalue weighted by atomic mass is 35.5. The Labute approximate surface area is 119 Å². The molecule has 0 atom stereocenters. The zero-order chi connectivity index (χ0) is 13.7. The molecule has 3 nitrogen and oxygen atoms in total. The number of alkyl halides is 1. The van der Waals surface area contributed by atoms with Crippen molar-refractivity contribution in [2.75, 3.05) is 18.5 Å². The van der Waals surface area contributed by atoms with E-state index in [1.54, 1.807) is 0 Å². The van der Waals surface area contributed by atoms with Crippen LogP contribution in [0.2, 0.25) is 0 Å². The standard InChI is InChI=1S/C15H18ClN3/c1-12-9-14(11-16)10-15(18-12)19(2)8-5-13-3-6-17-7-4-13/h3-4,6-7,9-10H,5,8,11H2,1-2H3. The molecule has 0 aliphatic rings. The third-order valence-corrected chi connectivity index (χ3v) is 3.34. The summed E-state index contributed by atoms with van der Waals surface area (Å²) in [4.78, 5) is 10.7. The Hall–Kier alpha value is -1.61. The topological polar surface area (TPSA) is 29.0 Å². The van der Waals surface area contributed by atoms with Crippen LogP contribution in [-0.2, 0) is 12.3 Å². The molecule has 0 aliphatic carbocycles. The lowest BCUT2D eigenvalue weighted by molar-refractivity contribution is 0.853. The SMILES string of the molecule is Cc1cc(CCl)cc(N(C)CCc2ccncc2)n1. The smallest absolute Gasteiger partial charge is 0.128 e. The third-order valence-electron chi connectivity index (χ3n) is 3.03. The summed E-state index contributed by atoms with van der Waals surface area (Å²) in [5.74, 6) is 1.50. The van der Waals surface area contributed by atoms with Gasteiger partial charge in [-0.3, -0.25) is 4.98 Å². The van der Waals surface area contributed by atoms with Crippen LogP contribution in [0.15, 0.2) is 36.7 Å². The van der Waals surface area contributed by atoms with E-state index in [0.717, 1.165) is 30.0 Å². The highest BCUT2D eigenvalue weighted by Gasteiger charge is 2.05. The van der Waals surface area contributed by atoms with E-state index in [2.05, 4.69) is 21.9 Å². The Kier molecular flexibility index (Phi) is 4.74. The minimum atomic E-state index is 0.522. The monoisotopic (exact) mass is 275 g/mol. The van der Waals surface area contributed by atoms with E-state index >= 15 is 0 Å². The number of hydrogen-bond donors (Lipinski definition) is 0. The van der Waals surface area contributed by atoms with Gasteiger partial charge >= 0.3 is 0 Å². The van der Waals surface area contributed by atoms with Gasteiger partial charge < -0.3 is 4.90 Å². The largest absolute Gasteiger partial charge is 0.359 e. The summed E-state index contributed by atoms with van der Waals surface area (Å²) in [7, 11) is 2.06. The van der Waals surface area contributed by atoms with Gasteiger partial charge in [0, 0.05) is 37.6 Å². The molecule has 0 aromatic carbocycles. The van der Waals surface area contributed by atoms with Crippen molar-refractivity contribution in [3.8, 4) is 0 Å². The maximum Gasteiger partial charge on any atom is 0.128 e. The molecule has 2 aromatic heterocycles. The minimum absolute atomic E-state index is 0.522. The van der Waals surface area contributed by atoms with Gasteiger partial charge in [0.15, 0.2) is 0 Å². The molecule has 0 aliphatic heterocycles. The van der Waals surface area contributed by atoms with Crippen LogP contribution in [0.4, 0.5) is 5.82 Å². The fourth-order valence-electron chi connectivity index (χ4n) is 1.95. The molecule has 2 rings (SSSR count). The number of aromatic nitrogens is 2. The van der Waals surface area contributed by atoms with Gasteiger partial charge in [-0.1, -0.05) is 0 Å². The molecule has 0 amide bonds. The number of nitrogens with zero attached hydrogens (tertiary/aromatic N) is 3. The lowest BCUT2D eigenvalue weighted by Crippen LogP contribution is -2.21. The average Bonchev–Trinajstić information content (AvgIpc) is 2.45. The van der Waals surface area contributed by atoms with Crippen molar-refractivity contribution < 1.29 is 0 Å². The Bertz CT molecular complexity index is 528. The van der Waals surface area contributed by atoms with E-state index in [-0.39, 0.29) is 0 Å². The van der Waals surface area contributed by atoms with Crippen LogP contribution in [0.25, 0.3) is 0 Å². The first-order valence-electron chi connectivity index (χ1n) is 6.32. The Balaban J connectivity index is 2.03. The van der Waals surface area contributed by atoms with Gasteiger partial charge in [0.05, 0.1) is 0 Å². The Morgan fingerprint density at radius 2 is 1.89 bits per heavy atom. The summed E-state index contributed by atoms with van der Waals surface area (Å²) < 4.78 is 0. The number of rotatable bonds is 5. The van der Waals surface area contributed by atoms with Crippen LogP contribution in [0.1, 0.15) is 16.8 Å². The molecule has 0 saturated carbocycles. The normalized spacial score (nSPS) is 10.5. The van der Waals surface area contributed by atoms with E-state index in [4.69, 9.17) is 11.6 Å². The fourth-order valence-corrected chi connectivity index (χ4v) is 2.11. The highest BCUT2D eigenvalue weighted by molar-refractivity contribution is 6.17. The summed E-state index contributed by atoms with van der Waals surface area (Å²) >= 11 is 5.90. The van der Waals surface area contributed by atoms with E-state index in [1.165, 1.54) is 5.56 Å². The van der Waals surface area contributed by atoms with Crippen molar-refractivity contribution in [1.82, 2.24) is 9.97 Å². The quantitative estimate of drug-likeness (QED) is 0.785. The number of anilines is 1. The molecule has 0 spiro atoms. The first kappa shape index (κ1) is 13.8. The fraction of sp³-hybridized carbons (Fsp3) is 0.333. The van der Waals surface area contributed by atoms with Crippen molar-refractivity contribution in [2.24, 2.45) is 0 Å². The summed E-state index contributed by atoms with van der Waals surface area (Å²) in [6.45, 7) is 2.92. The van der Waals surface area contributed by atoms with Crippen molar-refractivity contribution in [1.29, 1.82) is 0 Å². The number of hydrogen-bond acceptors (Lipinski definition) is 3. The average molecular weight is 276 g/mol. The molecule has 0 fully saturated rings. The molecule has 100 valence electrons. The van der Waals surface area contributed by atoms with Gasteiger partial charge in [-0.05, 0) is 48.7 Å². The van der Waals surface area contributed by atoms with Gasteiger partial charge in [-0.15, -0.1) is 11.6 Å². The second-order valence-electron chi connectivity index (χ2n) is 4.64. The molecule has 0 N–H and O–H groups in total. The van der Waals surface area contributed by atoms with Crippen LogP contribution < -0.4 is 4.90 Å². The van der Waals surface area contributed by atoms with Gasteiger partial charge in [-0.2, -0.15) is 0 Å². The molecule has 4 heteroatoms. The van der Waals surface area contributed by atoms with Crippen molar-refractivity contribution in [3.63, 3.8) is 0 Å². The predicted molar refractivity (Wildman–Crippen MR) is 79.7 cm³/mol. The Morgan fingerprint density at radius 1 is 1.16 bits per heavy atom. The van der Waals surface area contributed by atoms with Crippen LogP contribution >= 0.6 is 11.6 Å². The number of pyridine rings is 2. The van der Waals surface area contributed by atoms with Gasteiger partial charge in [0.1, 0.15) is 5.82 Å². The summed E-state index contributed by atoms with van der Waals surface area (Å²) in [6.07, 6.45) is 4.63. The second kappa shape index (κ2) is 6.53. The minimum Gasteiger partial charge on any atom is -0.359 e. The number of likely N-dealkylation sites (N-methyl/N-ethyl adjacent to an activating group) is 1. The zero-order valence-corrected chi connectivity index (χ0v) is 12.1. The van der Waals surface area contributed by atoms with Gasteiger partial charge in [0.25, 0.3) is 0 Å². The molecule has 0 radical (unpaired) electrons. The molecule has 19 heavy (non-hydrogen) atoms. The summed E-state index contributed by atoms with van der Waals surface area (Å²) in [5.41, 5.74) is 3.40. The van der Waals surface area contributed by atoms with E-state index in [1.807, 2.05) is 43.6 Å².